The maximum Gasteiger partial charge on any atom is 0.137 e. The molecule has 0 amide bonds. The number of hydrogen-bond donors (Lipinski definition) is 1. The standard InChI is InChI=1S/C12H23NO3/c1-12(16-7-6-14)5-4-11(15)10(8-12)9-13(2)3/h10,14H,4-9H2,1-3H3. The van der Waals surface area contributed by atoms with E-state index in [4.69, 9.17) is 9.84 Å². The largest absolute Gasteiger partial charge is 0.394 e. The molecular formula is C12H23NO3. The van der Waals surface area contributed by atoms with Crippen molar-refractivity contribution in [2.45, 2.75) is 31.8 Å². The van der Waals surface area contributed by atoms with E-state index < -0.39 is 0 Å². The molecule has 94 valence electrons. The van der Waals surface area contributed by atoms with Gasteiger partial charge in [-0.15, -0.1) is 0 Å². The predicted molar refractivity (Wildman–Crippen MR) is 62.3 cm³/mol. The number of carbonyl (C=O) groups excluding carboxylic acids is 1. The molecule has 4 heteroatoms. The molecule has 0 bridgehead atoms. The minimum atomic E-state index is -0.239. The van der Waals surface area contributed by atoms with Crippen LogP contribution >= 0.6 is 0 Å². The van der Waals surface area contributed by atoms with Crippen LogP contribution in [0.1, 0.15) is 26.2 Å². The monoisotopic (exact) mass is 229 g/mol. The van der Waals surface area contributed by atoms with E-state index in [1.54, 1.807) is 0 Å². The van der Waals surface area contributed by atoms with Crippen molar-refractivity contribution in [2.75, 3.05) is 33.9 Å². The van der Waals surface area contributed by atoms with Gasteiger partial charge in [-0.1, -0.05) is 0 Å². The molecule has 1 saturated carbocycles. The fourth-order valence-electron chi connectivity index (χ4n) is 2.36. The zero-order valence-corrected chi connectivity index (χ0v) is 10.5. The van der Waals surface area contributed by atoms with Gasteiger partial charge in [0.1, 0.15) is 5.78 Å². The highest BCUT2D eigenvalue weighted by atomic mass is 16.5. The number of nitrogens with zero attached hydrogens (tertiary/aromatic N) is 1. The summed E-state index contributed by atoms with van der Waals surface area (Å²) in [6.07, 6.45) is 2.14. The van der Waals surface area contributed by atoms with E-state index in [1.165, 1.54) is 0 Å². The number of ether oxygens (including phenoxy) is 1. The zero-order valence-electron chi connectivity index (χ0n) is 10.5. The van der Waals surface area contributed by atoms with Gasteiger partial charge in [0.2, 0.25) is 0 Å². The van der Waals surface area contributed by atoms with E-state index >= 15 is 0 Å². The Bertz CT molecular complexity index is 242. The Morgan fingerprint density at radius 2 is 2.25 bits per heavy atom. The third-order valence-electron chi connectivity index (χ3n) is 3.16. The Morgan fingerprint density at radius 1 is 1.56 bits per heavy atom. The van der Waals surface area contributed by atoms with Gasteiger partial charge in [-0.3, -0.25) is 4.79 Å². The average Bonchev–Trinajstić information content (AvgIpc) is 2.20. The zero-order chi connectivity index (χ0) is 12.2. The maximum absolute atomic E-state index is 11.8. The minimum Gasteiger partial charge on any atom is -0.394 e. The van der Waals surface area contributed by atoms with Gasteiger partial charge in [0.15, 0.2) is 0 Å². The van der Waals surface area contributed by atoms with Crippen LogP contribution in [0.15, 0.2) is 0 Å². The summed E-state index contributed by atoms with van der Waals surface area (Å²) in [5.74, 6) is 0.422. The highest BCUT2D eigenvalue weighted by Gasteiger charge is 2.37. The highest BCUT2D eigenvalue weighted by molar-refractivity contribution is 5.82. The third-order valence-corrected chi connectivity index (χ3v) is 3.16. The van der Waals surface area contributed by atoms with E-state index in [0.717, 1.165) is 19.4 Å². The molecule has 16 heavy (non-hydrogen) atoms. The van der Waals surface area contributed by atoms with Gasteiger partial charge in [0.25, 0.3) is 0 Å². The second-order valence-corrected chi connectivity index (χ2v) is 5.15. The molecule has 1 aliphatic rings. The van der Waals surface area contributed by atoms with Crippen molar-refractivity contribution in [2.24, 2.45) is 5.92 Å². The summed E-state index contributed by atoms with van der Waals surface area (Å²) >= 11 is 0. The lowest BCUT2D eigenvalue weighted by atomic mass is 9.78. The Morgan fingerprint density at radius 3 is 2.81 bits per heavy atom. The predicted octanol–water partition coefficient (Wildman–Crippen LogP) is 0.685. The number of aliphatic hydroxyl groups excluding tert-OH is 1. The van der Waals surface area contributed by atoms with Crippen LogP contribution in [0, 0.1) is 5.92 Å². The second kappa shape index (κ2) is 5.75. The van der Waals surface area contributed by atoms with Crippen molar-refractivity contribution < 1.29 is 14.6 Å². The molecule has 1 fully saturated rings. The lowest BCUT2D eigenvalue weighted by Gasteiger charge is -2.38. The fourth-order valence-corrected chi connectivity index (χ4v) is 2.36. The second-order valence-electron chi connectivity index (χ2n) is 5.15. The van der Waals surface area contributed by atoms with Crippen molar-refractivity contribution in [1.82, 2.24) is 4.90 Å². The highest BCUT2D eigenvalue weighted by Crippen LogP contribution is 2.33. The van der Waals surface area contributed by atoms with Crippen molar-refractivity contribution >= 4 is 5.78 Å². The average molecular weight is 229 g/mol. The van der Waals surface area contributed by atoms with E-state index in [1.807, 2.05) is 25.9 Å². The van der Waals surface area contributed by atoms with Gasteiger partial charge in [-0.25, -0.2) is 0 Å². The summed E-state index contributed by atoms with van der Waals surface area (Å²) in [7, 11) is 3.96. The topological polar surface area (TPSA) is 49.8 Å². The Kier molecular flexibility index (Phi) is 4.89. The summed E-state index contributed by atoms with van der Waals surface area (Å²) in [6.45, 7) is 3.23. The van der Waals surface area contributed by atoms with Gasteiger partial charge >= 0.3 is 0 Å². The summed E-state index contributed by atoms with van der Waals surface area (Å²) in [6, 6.07) is 0. The lowest BCUT2D eigenvalue weighted by molar-refractivity contribution is -0.136. The van der Waals surface area contributed by atoms with E-state index in [2.05, 4.69) is 0 Å². The van der Waals surface area contributed by atoms with Gasteiger partial charge in [-0.2, -0.15) is 0 Å². The minimum absolute atomic E-state index is 0.0435. The molecule has 0 aromatic rings. The molecule has 4 nitrogen and oxygen atoms in total. The van der Waals surface area contributed by atoms with Crippen molar-refractivity contribution in [3.63, 3.8) is 0 Å². The van der Waals surface area contributed by atoms with E-state index in [-0.39, 0.29) is 18.1 Å². The van der Waals surface area contributed by atoms with Crippen LogP contribution in [0.3, 0.4) is 0 Å². The molecule has 1 N–H and O–H groups in total. The van der Waals surface area contributed by atoms with Gasteiger partial charge in [-0.05, 0) is 33.9 Å². The quantitative estimate of drug-likeness (QED) is 0.753. The maximum atomic E-state index is 11.8. The first-order chi connectivity index (χ1) is 7.47. The number of aliphatic hydroxyl groups is 1. The van der Waals surface area contributed by atoms with Crippen LogP contribution in [0.5, 0.6) is 0 Å². The van der Waals surface area contributed by atoms with Crippen LogP contribution in [0.25, 0.3) is 0 Å². The van der Waals surface area contributed by atoms with Gasteiger partial charge in [0.05, 0.1) is 18.8 Å². The molecule has 2 unspecified atom stereocenters. The third kappa shape index (κ3) is 3.85. The number of rotatable bonds is 5. The van der Waals surface area contributed by atoms with Gasteiger partial charge in [0, 0.05) is 18.9 Å². The Labute approximate surface area is 97.6 Å². The summed E-state index contributed by atoms with van der Waals surface area (Å²) in [5, 5.41) is 8.77. The number of ketones is 1. The van der Waals surface area contributed by atoms with Gasteiger partial charge < -0.3 is 14.7 Å². The van der Waals surface area contributed by atoms with Crippen molar-refractivity contribution in [3.8, 4) is 0 Å². The SMILES string of the molecule is CN(C)CC1CC(C)(OCCO)CCC1=O. The lowest BCUT2D eigenvalue weighted by Crippen LogP contribution is -2.43. The molecule has 1 aliphatic carbocycles. The number of hydrogen-bond acceptors (Lipinski definition) is 4. The first kappa shape index (κ1) is 13.6. The van der Waals surface area contributed by atoms with Crippen LogP contribution in [0.2, 0.25) is 0 Å². The summed E-state index contributed by atoms with van der Waals surface area (Å²) in [5.41, 5.74) is -0.239. The molecule has 0 aliphatic heterocycles. The molecule has 0 heterocycles. The summed E-state index contributed by atoms with van der Waals surface area (Å²) in [4.78, 5) is 13.8. The van der Waals surface area contributed by atoms with Crippen molar-refractivity contribution in [1.29, 1.82) is 0 Å². The summed E-state index contributed by atoms with van der Waals surface area (Å²) < 4.78 is 5.66. The van der Waals surface area contributed by atoms with Crippen LogP contribution in [0.4, 0.5) is 0 Å². The molecule has 2 atom stereocenters. The smallest absolute Gasteiger partial charge is 0.137 e. The molecule has 0 aromatic carbocycles. The Hall–Kier alpha value is -0.450. The molecule has 0 aromatic heterocycles. The molecular weight excluding hydrogens is 206 g/mol. The number of carbonyl (C=O) groups is 1. The van der Waals surface area contributed by atoms with Crippen LogP contribution < -0.4 is 0 Å². The normalized spacial score (nSPS) is 31.1. The van der Waals surface area contributed by atoms with Crippen LogP contribution in [-0.2, 0) is 9.53 Å². The van der Waals surface area contributed by atoms with E-state index in [0.29, 0.717) is 18.8 Å². The molecule has 0 saturated heterocycles. The fraction of sp³-hybridized carbons (Fsp3) is 0.917. The molecule has 0 radical (unpaired) electrons. The van der Waals surface area contributed by atoms with E-state index in [9.17, 15) is 4.79 Å². The molecule has 1 rings (SSSR count). The first-order valence-corrected chi connectivity index (χ1v) is 5.89. The molecule has 0 spiro atoms. The Balaban J connectivity index is 2.55. The van der Waals surface area contributed by atoms with Crippen LogP contribution in [-0.4, -0.2) is 55.2 Å². The number of Topliss-reactive ketones (excluding diaryl/α,β-unsaturated/α-hetero) is 1. The van der Waals surface area contributed by atoms with Crippen molar-refractivity contribution in [3.05, 3.63) is 0 Å². The first-order valence-electron chi connectivity index (χ1n) is 5.89.